The van der Waals surface area contributed by atoms with E-state index in [0.717, 1.165) is 55.7 Å². The highest BCUT2D eigenvalue weighted by Crippen LogP contribution is 2.30. The predicted molar refractivity (Wildman–Crippen MR) is 205 cm³/mol. The summed E-state index contributed by atoms with van der Waals surface area (Å²) in [5, 5.41) is 15.4. The van der Waals surface area contributed by atoms with E-state index in [4.69, 9.17) is 0 Å². The molecule has 11 nitrogen and oxygen atoms in total. The van der Waals surface area contributed by atoms with Crippen molar-refractivity contribution in [3.63, 3.8) is 0 Å². The Morgan fingerprint density at radius 1 is 0.941 bits per heavy atom. The molecule has 1 aliphatic heterocycles. The number of piperidine rings is 1. The standard InChI is InChI=1S/C38H46N6O5S2/c1-41(2)23-20-31(28-50-34-12-8-5-9-13-34)39-36-19-18-35(26-37(36)44(46)47)51(48,49)40-38(45)30-14-16-33(17-15-30)43-24-21-32(22-25-43)42(3)27-29-10-6-4-7-11-29/h4-19,26,31-32,39H,20-25,27-28H2,1-3H3,(H,40,45)/t31-/m1/s1. The summed E-state index contributed by atoms with van der Waals surface area (Å²) < 4.78 is 28.6. The number of thioether (sulfide) groups is 1. The number of carbonyl (C=O) groups is 1. The molecule has 2 N–H and O–H groups in total. The van der Waals surface area contributed by atoms with E-state index in [1.54, 1.807) is 23.9 Å². The van der Waals surface area contributed by atoms with Gasteiger partial charge in [-0.2, -0.15) is 0 Å². The third-order valence-electron chi connectivity index (χ3n) is 9.04. The Morgan fingerprint density at radius 3 is 2.22 bits per heavy atom. The van der Waals surface area contributed by atoms with Crippen LogP contribution >= 0.6 is 11.8 Å². The van der Waals surface area contributed by atoms with Crippen LogP contribution in [-0.2, 0) is 16.6 Å². The molecular weight excluding hydrogens is 685 g/mol. The van der Waals surface area contributed by atoms with Crippen molar-refractivity contribution in [3.8, 4) is 0 Å². The van der Waals surface area contributed by atoms with Gasteiger partial charge in [-0.3, -0.25) is 19.8 Å². The van der Waals surface area contributed by atoms with Crippen molar-refractivity contribution < 1.29 is 18.1 Å². The highest BCUT2D eigenvalue weighted by molar-refractivity contribution is 7.99. The fraction of sp³-hybridized carbons (Fsp3) is 0.342. The first-order valence-electron chi connectivity index (χ1n) is 17.0. The molecule has 0 radical (unpaired) electrons. The Hall–Kier alpha value is -4.43. The number of benzene rings is 4. The highest BCUT2D eigenvalue weighted by atomic mass is 32.2. The first kappa shape index (κ1) is 37.8. The molecule has 0 bridgehead atoms. The summed E-state index contributed by atoms with van der Waals surface area (Å²) in [5.41, 5.74) is 2.25. The first-order valence-corrected chi connectivity index (χ1v) is 19.5. The van der Waals surface area contributed by atoms with Crippen LogP contribution in [0.4, 0.5) is 17.1 Å². The molecule has 270 valence electrons. The van der Waals surface area contributed by atoms with Gasteiger partial charge in [-0.05, 0) is 101 Å². The van der Waals surface area contributed by atoms with Crippen molar-refractivity contribution in [3.05, 3.63) is 124 Å². The molecule has 1 aliphatic rings. The third kappa shape index (κ3) is 10.8. The van der Waals surface area contributed by atoms with E-state index >= 15 is 0 Å². The molecule has 0 saturated carbocycles. The van der Waals surface area contributed by atoms with Crippen LogP contribution in [-0.4, -0.2) is 87.7 Å². The second kappa shape index (κ2) is 17.7. The summed E-state index contributed by atoms with van der Waals surface area (Å²) in [6, 6.07) is 31.2. The van der Waals surface area contributed by atoms with Crippen LogP contribution in [0, 0.1) is 10.1 Å². The Bertz CT molecular complexity index is 1850. The number of nitro groups is 1. The van der Waals surface area contributed by atoms with E-state index in [1.807, 2.05) is 67.5 Å². The largest absolute Gasteiger partial charge is 0.376 e. The summed E-state index contributed by atoms with van der Waals surface area (Å²) in [6.45, 7) is 3.40. The molecule has 1 atom stereocenters. The summed E-state index contributed by atoms with van der Waals surface area (Å²) in [6.07, 6.45) is 2.73. The molecule has 1 fully saturated rings. The van der Waals surface area contributed by atoms with E-state index in [1.165, 1.54) is 17.7 Å². The lowest BCUT2D eigenvalue weighted by atomic mass is 10.0. The summed E-state index contributed by atoms with van der Waals surface area (Å²) in [5.74, 6) is -0.164. The van der Waals surface area contributed by atoms with Crippen molar-refractivity contribution in [2.75, 3.05) is 56.7 Å². The summed E-state index contributed by atoms with van der Waals surface area (Å²) in [4.78, 5) is 32.0. The van der Waals surface area contributed by atoms with Crippen molar-refractivity contribution in [1.29, 1.82) is 0 Å². The van der Waals surface area contributed by atoms with Crippen molar-refractivity contribution >= 4 is 44.8 Å². The second-order valence-electron chi connectivity index (χ2n) is 13.1. The number of anilines is 2. The average Bonchev–Trinajstić information content (AvgIpc) is 3.13. The van der Waals surface area contributed by atoms with Crippen LogP contribution in [0.15, 0.2) is 113 Å². The molecule has 13 heteroatoms. The van der Waals surface area contributed by atoms with Gasteiger partial charge in [-0.1, -0.05) is 48.5 Å². The van der Waals surface area contributed by atoms with Gasteiger partial charge < -0.3 is 15.1 Å². The lowest BCUT2D eigenvalue weighted by Crippen LogP contribution is -2.43. The molecule has 1 amide bonds. The molecule has 0 aromatic heterocycles. The van der Waals surface area contributed by atoms with Crippen LogP contribution in [0.1, 0.15) is 35.2 Å². The Kier molecular flexibility index (Phi) is 13.1. The molecule has 4 aromatic rings. The molecule has 0 aliphatic carbocycles. The number of amides is 1. The van der Waals surface area contributed by atoms with Crippen LogP contribution in [0.3, 0.4) is 0 Å². The minimum absolute atomic E-state index is 0.131. The topological polar surface area (TPSA) is 128 Å². The minimum atomic E-state index is -4.40. The zero-order valence-electron chi connectivity index (χ0n) is 29.3. The van der Waals surface area contributed by atoms with Crippen molar-refractivity contribution in [1.82, 2.24) is 14.5 Å². The number of nitro benzene ring substituents is 1. The van der Waals surface area contributed by atoms with Gasteiger partial charge in [0, 0.05) is 59.7 Å². The molecule has 1 heterocycles. The van der Waals surface area contributed by atoms with Gasteiger partial charge in [0.2, 0.25) is 0 Å². The monoisotopic (exact) mass is 730 g/mol. The van der Waals surface area contributed by atoms with Crippen molar-refractivity contribution in [2.24, 2.45) is 0 Å². The van der Waals surface area contributed by atoms with E-state index in [2.05, 4.69) is 51.2 Å². The maximum atomic E-state index is 13.3. The minimum Gasteiger partial charge on any atom is -0.376 e. The normalized spacial score (nSPS) is 14.4. The van der Waals surface area contributed by atoms with Gasteiger partial charge in [0.25, 0.3) is 21.6 Å². The Morgan fingerprint density at radius 2 is 1.59 bits per heavy atom. The van der Waals surface area contributed by atoms with Crippen LogP contribution in [0.5, 0.6) is 0 Å². The van der Waals surface area contributed by atoms with Gasteiger partial charge in [0.05, 0.1) is 9.82 Å². The molecule has 51 heavy (non-hydrogen) atoms. The van der Waals surface area contributed by atoms with Gasteiger partial charge in [0.15, 0.2) is 0 Å². The molecular formula is C38H46N6O5S2. The Labute approximate surface area is 305 Å². The van der Waals surface area contributed by atoms with E-state index in [-0.39, 0.29) is 27.9 Å². The fourth-order valence-electron chi connectivity index (χ4n) is 6.13. The quantitative estimate of drug-likeness (QED) is 0.0766. The van der Waals surface area contributed by atoms with Crippen LogP contribution in [0.25, 0.3) is 0 Å². The SMILES string of the molecule is CN(C)CC[C@H](CSc1ccccc1)Nc1ccc(S(=O)(=O)NC(=O)c2ccc(N3CCC(N(C)Cc4ccccc4)CC3)cc2)cc1[N+](=O)[O-]. The number of sulfonamides is 1. The second-order valence-corrected chi connectivity index (χ2v) is 15.9. The fourth-order valence-corrected chi connectivity index (χ4v) is 8.11. The zero-order chi connectivity index (χ0) is 36.4. The van der Waals surface area contributed by atoms with E-state index in [9.17, 15) is 23.3 Å². The van der Waals surface area contributed by atoms with Gasteiger partial charge in [-0.15, -0.1) is 11.8 Å². The van der Waals surface area contributed by atoms with Crippen molar-refractivity contribution in [2.45, 2.75) is 47.7 Å². The lowest BCUT2D eigenvalue weighted by molar-refractivity contribution is -0.384. The van der Waals surface area contributed by atoms with Gasteiger partial charge in [0.1, 0.15) is 5.69 Å². The van der Waals surface area contributed by atoms with Gasteiger partial charge in [-0.25, -0.2) is 13.1 Å². The molecule has 0 unspecified atom stereocenters. The number of hydrogen-bond donors (Lipinski definition) is 2. The number of rotatable bonds is 16. The average molecular weight is 731 g/mol. The summed E-state index contributed by atoms with van der Waals surface area (Å²) in [7, 11) is 1.68. The Balaban J connectivity index is 1.20. The molecule has 0 spiro atoms. The summed E-state index contributed by atoms with van der Waals surface area (Å²) >= 11 is 1.64. The lowest BCUT2D eigenvalue weighted by Gasteiger charge is -2.38. The highest BCUT2D eigenvalue weighted by Gasteiger charge is 2.26. The van der Waals surface area contributed by atoms with Crippen LogP contribution in [0.2, 0.25) is 0 Å². The maximum absolute atomic E-state index is 13.3. The van der Waals surface area contributed by atoms with Crippen LogP contribution < -0.4 is 14.9 Å². The molecule has 5 rings (SSSR count). The number of hydrogen-bond acceptors (Lipinski definition) is 10. The number of carbonyl (C=O) groups excluding carboxylic acids is 1. The van der Waals surface area contributed by atoms with E-state index in [0.29, 0.717) is 18.2 Å². The predicted octanol–water partition coefficient (Wildman–Crippen LogP) is 6.34. The van der Waals surface area contributed by atoms with E-state index < -0.39 is 20.9 Å². The maximum Gasteiger partial charge on any atom is 0.293 e. The third-order valence-corrected chi connectivity index (χ3v) is 11.5. The smallest absolute Gasteiger partial charge is 0.293 e. The number of nitrogens with zero attached hydrogens (tertiary/aromatic N) is 4. The molecule has 1 saturated heterocycles. The first-order chi connectivity index (χ1) is 24.5. The number of nitrogens with one attached hydrogen (secondary N) is 2. The molecule has 4 aromatic carbocycles. The zero-order valence-corrected chi connectivity index (χ0v) is 30.9. The van der Waals surface area contributed by atoms with Gasteiger partial charge >= 0.3 is 0 Å².